The molecule has 6 heteroatoms. The highest BCUT2D eigenvalue weighted by Gasteiger charge is 2.40. The highest BCUT2D eigenvalue weighted by atomic mass is 19.1. The molecule has 1 saturated heterocycles. The predicted octanol–water partition coefficient (Wildman–Crippen LogP) is 0.369. The van der Waals surface area contributed by atoms with Gasteiger partial charge in [-0.05, 0) is 0 Å². The van der Waals surface area contributed by atoms with Gasteiger partial charge in [-0.3, -0.25) is 4.79 Å². The first kappa shape index (κ1) is 10.3. The van der Waals surface area contributed by atoms with Gasteiger partial charge in [0.05, 0.1) is 13.2 Å². The van der Waals surface area contributed by atoms with Crippen molar-refractivity contribution in [3.8, 4) is 0 Å². The lowest BCUT2D eigenvalue weighted by molar-refractivity contribution is -0.292. The first-order valence-corrected chi connectivity index (χ1v) is 3.76. The summed E-state index contributed by atoms with van der Waals surface area (Å²) in [4.78, 5) is 10.4. The van der Waals surface area contributed by atoms with Crippen LogP contribution in [-0.4, -0.2) is 43.4 Å². The number of halogens is 2. The Bertz CT molecular complexity index is 183. The van der Waals surface area contributed by atoms with E-state index in [2.05, 4.69) is 9.47 Å². The molecule has 1 heterocycles. The summed E-state index contributed by atoms with van der Waals surface area (Å²) in [5.74, 6) is -3.80. The van der Waals surface area contributed by atoms with Gasteiger partial charge >= 0.3 is 5.97 Å². The number of carbonyl (C=O) groups is 1. The van der Waals surface area contributed by atoms with Gasteiger partial charge in [0.1, 0.15) is 19.3 Å². The second-order valence-corrected chi connectivity index (χ2v) is 2.84. The summed E-state index contributed by atoms with van der Waals surface area (Å²) in [6.45, 7) is -2.67. The lowest BCUT2D eigenvalue weighted by Crippen LogP contribution is -2.49. The van der Waals surface area contributed by atoms with Crippen molar-refractivity contribution in [2.75, 3.05) is 26.6 Å². The molecule has 0 radical (unpaired) electrons. The summed E-state index contributed by atoms with van der Waals surface area (Å²) in [5, 5.41) is 8.51. The average molecular weight is 196 g/mol. The maximum atomic E-state index is 12.2. The third kappa shape index (κ3) is 2.13. The van der Waals surface area contributed by atoms with Crippen molar-refractivity contribution in [2.24, 2.45) is 5.92 Å². The maximum absolute atomic E-state index is 12.2. The van der Waals surface area contributed by atoms with Gasteiger partial charge in [0.15, 0.2) is 0 Å². The molecule has 1 aliphatic rings. The molecule has 0 unspecified atom stereocenters. The maximum Gasteiger partial charge on any atom is 0.311 e. The number of hydrogen-bond acceptors (Lipinski definition) is 3. The highest BCUT2D eigenvalue weighted by molar-refractivity contribution is 5.70. The van der Waals surface area contributed by atoms with Crippen molar-refractivity contribution in [2.45, 2.75) is 5.79 Å². The summed E-state index contributed by atoms with van der Waals surface area (Å²) < 4.78 is 33.8. The van der Waals surface area contributed by atoms with Gasteiger partial charge in [0.2, 0.25) is 5.79 Å². The van der Waals surface area contributed by atoms with Crippen LogP contribution in [0.3, 0.4) is 0 Å². The predicted molar refractivity (Wildman–Crippen MR) is 37.7 cm³/mol. The Morgan fingerprint density at radius 3 is 2.15 bits per heavy atom. The largest absolute Gasteiger partial charge is 0.481 e. The third-order valence-electron chi connectivity index (χ3n) is 1.85. The van der Waals surface area contributed by atoms with Gasteiger partial charge in [0.25, 0.3) is 0 Å². The van der Waals surface area contributed by atoms with Crippen LogP contribution in [0.25, 0.3) is 0 Å². The van der Waals surface area contributed by atoms with E-state index in [1.165, 1.54) is 0 Å². The van der Waals surface area contributed by atoms with E-state index in [4.69, 9.17) is 5.11 Å². The summed E-state index contributed by atoms with van der Waals surface area (Å²) >= 11 is 0. The van der Waals surface area contributed by atoms with Crippen molar-refractivity contribution in [1.29, 1.82) is 0 Å². The smallest absolute Gasteiger partial charge is 0.311 e. The van der Waals surface area contributed by atoms with Crippen LogP contribution in [0.5, 0.6) is 0 Å². The minimum Gasteiger partial charge on any atom is -0.481 e. The van der Waals surface area contributed by atoms with Crippen LogP contribution in [0.2, 0.25) is 0 Å². The summed E-state index contributed by atoms with van der Waals surface area (Å²) in [7, 11) is 0. The Balaban J connectivity index is 2.50. The molecule has 0 aliphatic carbocycles. The number of carboxylic acid groups (broad SMARTS) is 1. The van der Waals surface area contributed by atoms with Gasteiger partial charge in [0, 0.05) is 0 Å². The highest BCUT2D eigenvalue weighted by Crippen LogP contribution is 2.23. The minimum atomic E-state index is -1.87. The molecule has 13 heavy (non-hydrogen) atoms. The first-order valence-electron chi connectivity index (χ1n) is 3.76. The molecule has 1 fully saturated rings. The molecule has 1 N–H and O–H groups in total. The van der Waals surface area contributed by atoms with Crippen LogP contribution in [0.1, 0.15) is 0 Å². The van der Waals surface area contributed by atoms with Gasteiger partial charge < -0.3 is 14.6 Å². The number of rotatable bonds is 3. The van der Waals surface area contributed by atoms with Crippen LogP contribution < -0.4 is 0 Å². The molecular formula is C7H10F2O4. The number of alkyl halides is 2. The zero-order chi connectivity index (χ0) is 9.90. The summed E-state index contributed by atoms with van der Waals surface area (Å²) in [5.41, 5.74) is 0. The van der Waals surface area contributed by atoms with E-state index in [1.807, 2.05) is 0 Å². The molecule has 1 aliphatic heterocycles. The van der Waals surface area contributed by atoms with E-state index in [1.54, 1.807) is 0 Å². The standard InChI is InChI=1S/C7H10F2O4/c8-3-7(4-9)12-1-5(2-13-7)6(10)11/h5H,1-4H2,(H,10,11). The van der Waals surface area contributed by atoms with Crippen molar-refractivity contribution >= 4 is 5.97 Å². The van der Waals surface area contributed by atoms with E-state index in [9.17, 15) is 13.6 Å². The fraction of sp³-hybridized carbons (Fsp3) is 0.857. The fourth-order valence-electron chi connectivity index (χ4n) is 0.927. The molecule has 0 saturated carbocycles. The summed E-state index contributed by atoms with van der Waals surface area (Å²) in [6, 6.07) is 0. The van der Waals surface area contributed by atoms with Crippen LogP contribution in [0, 0.1) is 5.92 Å². The van der Waals surface area contributed by atoms with Crippen LogP contribution in [-0.2, 0) is 14.3 Å². The van der Waals surface area contributed by atoms with Crippen molar-refractivity contribution < 1.29 is 28.2 Å². The summed E-state index contributed by atoms with van der Waals surface area (Å²) in [6.07, 6.45) is 0. The van der Waals surface area contributed by atoms with Crippen molar-refractivity contribution in [3.05, 3.63) is 0 Å². The first-order chi connectivity index (χ1) is 6.13. The zero-order valence-corrected chi connectivity index (χ0v) is 6.83. The second-order valence-electron chi connectivity index (χ2n) is 2.84. The monoisotopic (exact) mass is 196 g/mol. The van der Waals surface area contributed by atoms with Gasteiger partial charge in [-0.1, -0.05) is 0 Å². The van der Waals surface area contributed by atoms with Crippen molar-refractivity contribution in [3.63, 3.8) is 0 Å². The Kier molecular flexibility index (Phi) is 3.16. The zero-order valence-electron chi connectivity index (χ0n) is 6.83. The lowest BCUT2D eigenvalue weighted by atomic mass is 10.1. The third-order valence-corrected chi connectivity index (χ3v) is 1.85. The molecule has 4 nitrogen and oxygen atoms in total. The van der Waals surface area contributed by atoms with E-state index in [-0.39, 0.29) is 13.2 Å². The quantitative estimate of drug-likeness (QED) is 0.708. The Morgan fingerprint density at radius 1 is 1.38 bits per heavy atom. The Hall–Kier alpha value is -0.750. The molecule has 76 valence electrons. The minimum absolute atomic E-state index is 0.219. The number of carboxylic acids is 1. The van der Waals surface area contributed by atoms with Gasteiger partial charge in [-0.15, -0.1) is 0 Å². The lowest BCUT2D eigenvalue weighted by Gasteiger charge is -2.34. The van der Waals surface area contributed by atoms with Gasteiger partial charge in [-0.25, -0.2) is 8.78 Å². The molecular weight excluding hydrogens is 186 g/mol. The van der Waals surface area contributed by atoms with Crippen LogP contribution in [0.15, 0.2) is 0 Å². The molecule has 0 aromatic rings. The molecule has 0 bridgehead atoms. The molecule has 1 rings (SSSR count). The van der Waals surface area contributed by atoms with E-state index >= 15 is 0 Å². The SMILES string of the molecule is O=C(O)C1COC(CF)(CF)OC1. The molecule has 0 spiro atoms. The number of aliphatic carboxylic acids is 1. The average Bonchev–Trinajstić information content (AvgIpc) is 2.18. The van der Waals surface area contributed by atoms with Crippen molar-refractivity contribution in [1.82, 2.24) is 0 Å². The van der Waals surface area contributed by atoms with Gasteiger partial charge in [-0.2, -0.15) is 0 Å². The number of ether oxygens (including phenoxy) is 2. The van der Waals surface area contributed by atoms with Crippen LogP contribution >= 0.6 is 0 Å². The van der Waals surface area contributed by atoms with E-state index < -0.39 is 31.0 Å². The Morgan fingerprint density at radius 2 is 1.85 bits per heavy atom. The van der Waals surface area contributed by atoms with Crippen LogP contribution in [0.4, 0.5) is 8.78 Å². The Labute approximate surface area is 73.4 Å². The van der Waals surface area contributed by atoms with E-state index in [0.717, 1.165) is 0 Å². The second kappa shape index (κ2) is 3.97. The topological polar surface area (TPSA) is 55.8 Å². The molecule has 0 atom stereocenters. The van der Waals surface area contributed by atoms with E-state index in [0.29, 0.717) is 0 Å². The number of hydrogen-bond donors (Lipinski definition) is 1. The molecule has 0 amide bonds. The normalized spacial score (nSPS) is 22.9. The fourth-order valence-corrected chi connectivity index (χ4v) is 0.927. The molecule has 0 aromatic heterocycles. The molecule has 0 aromatic carbocycles.